The summed E-state index contributed by atoms with van der Waals surface area (Å²) in [5, 5.41) is 0.0323. The molecule has 2 N–H and O–H groups in total. The molecule has 3 nitrogen and oxygen atoms in total. The Morgan fingerprint density at radius 2 is 1.64 bits per heavy atom. The summed E-state index contributed by atoms with van der Waals surface area (Å²) in [4.78, 5) is 17.3. The van der Waals surface area contributed by atoms with Gasteiger partial charge in [0.05, 0.1) is 5.30 Å². The van der Waals surface area contributed by atoms with Crippen LogP contribution in [0.15, 0.2) is 24.3 Å². The molecule has 1 aromatic rings. The highest BCUT2D eigenvalue weighted by Crippen LogP contribution is 2.32. The first-order chi connectivity index (χ1) is 5.00. The molecule has 0 atom stereocenters. The maximum Gasteiger partial charge on any atom is 0.356 e. The normalized spacial score (nSPS) is 11.5. The van der Waals surface area contributed by atoms with Gasteiger partial charge in [0.15, 0.2) is 0 Å². The largest absolute Gasteiger partial charge is 0.356 e. The van der Waals surface area contributed by atoms with Crippen LogP contribution in [0.1, 0.15) is 5.56 Å². The lowest BCUT2D eigenvalue weighted by atomic mass is 10.2. The first kappa shape index (κ1) is 8.47. The summed E-state index contributed by atoms with van der Waals surface area (Å²) in [5.41, 5.74) is 0.738. The van der Waals surface area contributed by atoms with Crippen molar-refractivity contribution < 1.29 is 14.4 Å². The predicted octanol–water partition coefficient (Wildman–Crippen LogP) is 0.672. The van der Waals surface area contributed by atoms with E-state index in [0.717, 1.165) is 5.56 Å². The summed E-state index contributed by atoms with van der Waals surface area (Å²) in [6.45, 7) is 3.59. The van der Waals surface area contributed by atoms with Crippen molar-refractivity contribution in [3.8, 4) is 0 Å². The fraction of sp³-hybridized carbons (Fsp3) is 0. The minimum atomic E-state index is -4.07. The van der Waals surface area contributed by atoms with Gasteiger partial charge in [-0.1, -0.05) is 12.1 Å². The highest BCUT2D eigenvalue weighted by atomic mass is 31.2. The van der Waals surface area contributed by atoms with Crippen LogP contribution in [0.4, 0.5) is 0 Å². The molecule has 0 heterocycles. The zero-order chi connectivity index (χ0) is 8.48. The fourth-order valence-corrected chi connectivity index (χ4v) is 1.23. The summed E-state index contributed by atoms with van der Waals surface area (Å²) < 4.78 is 10.6. The van der Waals surface area contributed by atoms with Crippen molar-refractivity contribution >= 4 is 12.9 Å². The van der Waals surface area contributed by atoms with Crippen LogP contribution >= 0.6 is 7.60 Å². The van der Waals surface area contributed by atoms with Crippen molar-refractivity contribution in [2.24, 2.45) is 0 Å². The van der Waals surface area contributed by atoms with E-state index in [0.29, 0.717) is 0 Å². The van der Waals surface area contributed by atoms with Crippen molar-refractivity contribution in [1.82, 2.24) is 0 Å². The molecule has 0 aliphatic carbocycles. The average Bonchev–Trinajstić information content (AvgIpc) is 1.86. The molecule has 0 aromatic heterocycles. The van der Waals surface area contributed by atoms with Gasteiger partial charge in [-0.2, -0.15) is 0 Å². The van der Waals surface area contributed by atoms with Crippen molar-refractivity contribution in [3.05, 3.63) is 36.8 Å². The molecule has 0 aliphatic rings. The lowest BCUT2D eigenvalue weighted by Crippen LogP contribution is -2.02. The Morgan fingerprint density at radius 1 is 1.18 bits per heavy atom. The van der Waals surface area contributed by atoms with E-state index < -0.39 is 7.60 Å². The molecular formula is C7H8O3P. The van der Waals surface area contributed by atoms with Crippen LogP contribution < -0.4 is 5.30 Å². The van der Waals surface area contributed by atoms with Crippen LogP contribution in [0.2, 0.25) is 0 Å². The maximum absolute atomic E-state index is 10.6. The third-order valence-corrected chi connectivity index (χ3v) is 2.24. The molecule has 0 unspecified atom stereocenters. The summed E-state index contributed by atoms with van der Waals surface area (Å²) >= 11 is 0. The minimum absolute atomic E-state index is 0.0323. The van der Waals surface area contributed by atoms with Crippen molar-refractivity contribution in [1.29, 1.82) is 0 Å². The highest BCUT2D eigenvalue weighted by molar-refractivity contribution is 7.60. The van der Waals surface area contributed by atoms with Gasteiger partial charge in [-0.25, -0.2) is 0 Å². The molecule has 0 saturated heterocycles. The van der Waals surface area contributed by atoms with E-state index in [1.807, 2.05) is 0 Å². The molecule has 0 aliphatic heterocycles. The minimum Gasteiger partial charge on any atom is -0.321 e. The van der Waals surface area contributed by atoms with Crippen LogP contribution in [-0.4, -0.2) is 9.79 Å². The fourth-order valence-electron chi connectivity index (χ4n) is 0.690. The topological polar surface area (TPSA) is 57.5 Å². The van der Waals surface area contributed by atoms with Gasteiger partial charge < -0.3 is 9.79 Å². The lowest BCUT2D eigenvalue weighted by Gasteiger charge is -2.02. The lowest BCUT2D eigenvalue weighted by molar-refractivity contribution is 0.387. The van der Waals surface area contributed by atoms with Crippen molar-refractivity contribution in [2.75, 3.05) is 0 Å². The van der Waals surface area contributed by atoms with Gasteiger partial charge in [0.1, 0.15) is 0 Å². The summed E-state index contributed by atoms with van der Waals surface area (Å²) in [5.74, 6) is 0. The summed E-state index contributed by atoms with van der Waals surface area (Å²) in [6.07, 6.45) is 0. The molecule has 0 bridgehead atoms. The van der Waals surface area contributed by atoms with Gasteiger partial charge in [-0.15, -0.1) is 0 Å². The van der Waals surface area contributed by atoms with E-state index in [4.69, 9.17) is 9.79 Å². The molecule has 1 radical (unpaired) electrons. The third-order valence-electron chi connectivity index (χ3n) is 1.27. The summed E-state index contributed by atoms with van der Waals surface area (Å²) in [7, 11) is -4.07. The Morgan fingerprint density at radius 3 is 2.00 bits per heavy atom. The van der Waals surface area contributed by atoms with Gasteiger partial charge in [0, 0.05) is 0 Å². The van der Waals surface area contributed by atoms with Crippen LogP contribution in [0.3, 0.4) is 0 Å². The van der Waals surface area contributed by atoms with Crippen LogP contribution in [0.5, 0.6) is 0 Å². The first-order valence-corrected chi connectivity index (χ1v) is 4.59. The predicted molar refractivity (Wildman–Crippen MR) is 42.6 cm³/mol. The van der Waals surface area contributed by atoms with E-state index in [-0.39, 0.29) is 5.30 Å². The van der Waals surface area contributed by atoms with E-state index in [1.54, 1.807) is 12.1 Å². The standard InChI is InChI=1S/C7H8O3P/c1-6-2-4-7(5-3-6)11(8,9)10/h2-5H,1H2,(H2,8,9,10). The average molecular weight is 171 g/mol. The Hall–Kier alpha value is -0.630. The molecular weight excluding hydrogens is 163 g/mol. The van der Waals surface area contributed by atoms with Crippen LogP contribution in [0.25, 0.3) is 0 Å². The number of benzene rings is 1. The highest BCUT2D eigenvalue weighted by Gasteiger charge is 2.15. The Bertz CT molecular complexity index is 285. The molecule has 0 spiro atoms. The summed E-state index contributed by atoms with van der Waals surface area (Å²) in [6, 6.07) is 5.88. The quantitative estimate of drug-likeness (QED) is 0.610. The van der Waals surface area contributed by atoms with E-state index in [1.165, 1.54) is 12.1 Å². The zero-order valence-corrected chi connectivity index (χ0v) is 6.66. The molecule has 1 aromatic carbocycles. The number of rotatable bonds is 1. The van der Waals surface area contributed by atoms with E-state index in [2.05, 4.69) is 6.92 Å². The van der Waals surface area contributed by atoms with E-state index >= 15 is 0 Å². The van der Waals surface area contributed by atoms with Gasteiger partial charge in [-0.05, 0) is 24.6 Å². The molecule has 0 fully saturated rings. The molecule has 4 heteroatoms. The maximum atomic E-state index is 10.6. The SMILES string of the molecule is [CH2]c1ccc(P(=O)(O)O)cc1. The third kappa shape index (κ3) is 2.15. The smallest absolute Gasteiger partial charge is 0.321 e. The van der Waals surface area contributed by atoms with Gasteiger partial charge in [0.25, 0.3) is 0 Å². The van der Waals surface area contributed by atoms with Gasteiger partial charge >= 0.3 is 7.60 Å². The second-order valence-corrected chi connectivity index (χ2v) is 3.81. The van der Waals surface area contributed by atoms with E-state index in [9.17, 15) is 4.57 Å². The van der Waals surface area contributed by atoms with Crippen molar-refractivity contribution in [3.63, 3.8) is 0 Å². The van der Waals surface area contributed by atoms with Gasteiger partial charge in [-0.3, -0.25) is 4.57 Å². The molecule has 59 valence electrons. The Kier molecular flexibility index (Phi) is 2.14. The number of hydrogen-bond donors (Lipinski definition) is 2. The Balaban J connectivity index is 3.09. The molecule has 1 rings (SSSR count). The second-order valence-electron chi connectivity index (χ2n) is 2.21. The molecule has 11 heavy (non-hydrogen) atoms. The molecule has 0 amide bonds. The second kappa shape index (κ2) is 2.78. The first-order valence-electron chi connectivity index (χ1n) is 2.98. The van der Waals surface area contributed by atoms with Crippen molar-refractivity contribution in [2.45, 2.75) is 0 Å². The van der Waals surface area contributed by atoms with Gasteiger partial charge in [0.2, 0.25) is 0 Å². The Labute approximate surface area is 64.8 Å². The van der Waals surface area contributed by atoms with Crippen LogP contribution in [-0.2, 0) is 4.57 Å². The van der Waals surface area contributed by atoms with Crippen LogP contribution in [0, 0.1) is 6.92 Å². The molecule has 0 saturated carbocycles. The zero-order valence-electron chi connectivity index (χ0n) is 5.77. The number of hydrogen-bond acceptors (Lipinski definition) is 1. The monoisotopic (exact) mass is 171 g/mol.